The number of hydrogen-bond donors (Lipinski definition) is 0. The fraction of sp³-hybridized carbons (Fsp3) is 0.421. The Bertz CT molecular complexity index is 654. The van der Waals surface area contributed by atoms with Crippen molar-refractivity contribution in [2.24, 2.45) is 5.92 Å². The van der Waals surface area contributed by atoms with E-state index in [2.05, 4.69) is 19.1 Å². The summed E-state index contributed by atoms with van der Waals surface area (Å²) >= 11 is 0. The van der Waals surface area contributed by atoms with E-state index in [0.717, 1.165) is 48.4 Å². The van der Waals surface area contributed by atoms with Crippen LogP contribution in [-0.4, -0.2) is 30.0 Å². The monoisotopic (exact) mass is 297 g/mol. The number of ether oxygens (including phenoxy) is 1. The lowest BCUT2D eigenvalue weighted by atomic mass is 9.99. The number of carbonyl (C=O) groups is 1. The number of hydrogen-bond acceptors (Lipinski definition) is 2. The van der Waals surface area contributed by atoms with E-state index in [4.69, 9.17) is 4.74 Å². The molecule has 3 nitrogen and oxygen atoms in total. The maximum absolute atomic E-state index is 12.5. The number of fused-ring (bicyclic) bond motifs is 1. The Labute approximate surface area is 131 Å². The molecule has 1 saturated heterocycles. The number of likely N-dealkylation sites (tertiary alicyclic amines) is 1. The molecule has 0 saturated carbocycles. The highest BCUT2D eigenvalue weighted by molar-refractivity contribution is 5.89. The summed E-state index contributed by atoms with van der Waals surface area (Å²) in [7, 11) is 0. The van der Waals surface area contributed by atoms with Crippen LogP contribution in [0.25, 0.3) is 10.8 Å². The average Bonchev–Trinajstić information content (AvgIpc) is 2.55. The summed E-state index contributed by atoms with van der Waals surface area (Å²) in [5, 5.41) is 2.18. The van der Waals surface area contributed by atoms with Crippen molar-refractivity contribution in [3.8, 4) is 5.75 Å². The SMILES string of the molecule is CC1CCN(C(=O)[C@@H](C)Oc2cccc3ccccc23)CC1. The minimum atomic E-state index is -0.445. The van der Waals surface area contributed by atoms with E-state index in [1.54, 1.807) is 0 Å². The van der Waals surface area contributed by atoms with Gasteiger partial charge in [0.05, 0.1) is 0 Å². The topological polar surface area (TPSA) is 29.5 Å². The molecule has 0 bridgehead atoms. The van der Waals surface area contributed by atoms with Crippen molar-refractivity contribution in [3.05, 3.63) is 42.5 Å². The number of benzene rings is 2. The summed E-state index contributed by atoms with van der Waals surface area (Å²) in [4.78, 5) is 14.5. The Morgan fingerprint density at radius 1 is 1.14 bits per heavy atom. The van der Waals surface area contributed by atoms with Crippen molar-refractivity contribution in [1.82, 2.24) is 4.90 Å². The molecule has 3 rings (SSSR count). The molecular formula is C19H23NO2. The van der Waals surface area contributed by atoms with Gasteiger partial charge in [-0.05, 0) is 37.1 Å². The highest BCUT2D eigenvalue weighted by atomic mass is 16.5. The van der Waals surface area contributed by atoms with Crippen molar-refractivity contribution in [3.63, 3.8) is 0 Å². The van der Waals surface area contributed by atoms with Gasteiger partial charge in [-0.1, -0.05) is 43.3 Å². The normalized spacial score (nSPS) is 17.5. The molecule has 1 amide bonds. The molecule has 1 aliphatic heterocycles. The molecule has 2 aromatic carbocycles. The third-order valence-electron chi connectivity index (χ3n) is 4.50. The molecule has 0 aromatic heterocycles. The van der Waals surface area contributed by atoms with Crippen molar-refractivity contribution in [2.45, 2.75) is 32.8 Å². The van der Waals surface area contributed by atoms with Crippen LogP contribution in [0.3, 0.4) is 0 Å². The first-order chi connectivity index (χ1) is 10.6. The van der Waals surface area contributed by atoms with Crippen molar-refractivity contribution >= 4 is 16.7 Å². The summed E-state index contributed by atoms with van der Waals surface area (Å²) in [6, 6.07) is 14.1. The molecule has 0 aliphatic carbocycles. The lowest BCUT2D eigenvalue weighted by Gasteiger charge is -2.32. The van der Waals surface area contributed by atoms with Crippen LogP contribution in [0.4, 0.5) is 0 Å². The van der Waals surface area contributed by atoms with Gasteiger partial charge in [0, 0.05) is 18.5 Å². The number of nitrogens with zero attached hydrogens (tertiary/aromatic N) is 1. The fourth-order valence-electron chi connectivity index (χ4n) is 3.03. The second kappa shape index (κ2) is 6.39. The Hall–Kier alpha value is -2.03. The van der Waals surface area contributed by atoms with Crippen LogP contribution in [0.2, 0.25) is 0 Å². The van der Waals surface area contributed by atoms with E-state index in [1.165, 1.54) is 0 Å². The van der Waals surface area contributed by atoms with E-state index in [-0.39, 0.29) is 5.91 Å². The number of amides is 1. The van der Waals surface area contributed by atoms with Crippen molar-refractivity contribution < 1.29 is 9.53 Å². The van der Waals surface area contributed by atoms with Gasteiger partial charge in [0.2, 0.25) is 0 Å². The van der Waals surface area contributed by atoms with Gasteiger partial charge >= 0.3 is 0 Å². The largest absolute Gasteiger partial charge is 0.480 e. The van der Waals surface area contributed by atoms with Gasteiger partial charge in [-0.25, -0.2) is 0 Å². The van der Waals surface area contributed by atoms with Crippen LogP contribution >= 0.6 is 0 Å². The summed E-state index contributed by atoms with van der Waals surface area (Å²) in [6.45, 7) is 5.80. The number of piperidine rings is 1. The fourth-order valence-corrected chi connectivity index (χ4v) is 3.03. The van der Waals surface area contributed by atoms with Gasteiger partial charge in [-0.3, -0.25) is 4.79 Å². The van der Waals surface area contributed by atoms with Crippen LogP contribution in [0.15, 0.2) is 42.5 Å². The number of rotatable bonds is 3. The average molecular weight is 297 g/mol. The Kier molecular flexibility index (Phi) is 4.32. The van der Waals surface area contributed by atoms with Crippen LogP contribution < -0.4 is 4.74 Å². The van der Waals surface area contributed by atoms with Crippen LogP contribution in [-0.2, 0) is 4.79 Å². The molecule has 0 radical (unpaired) electrons. The van der Waals surface area contributed by atoms with Crippen LogP contribution in [0.5, 0.6) is 5.75 Å². The van der Waals surface area contributed by atoms with Gasteiger partial charge in [0.15, 0.2) is 6.10 Å². The first kappa shape index (κ1) is 14.9. The third-order valence-corrected chi connectivity index (χ3v) is 4.50. The molecule has 22 heavy (non-hydrogen) atoms. The molecule has 116 valence electrons. The summed E-state index contributed by atoms with van der Waals surface area (Å²) in [6.07, 6.45) is 1.73. The van der Waals surface area contributed by atoms with E-state index < -0.39 is 6.10 Å². The van der Waals surface area contributed by atoms with E-state index in [0.29, 0.717) is 0 Å². The predicted octanol–water partition coefficient (Wildman–Crippen LogP) is 3.87. The van der Waals surface area contributed by atoms with E-state index in [1.807, 2.05) is 42.2 Å². The van der Waals surface area contributed by atoms with Crippen molar-refractivity contribution in [1.29, 1.82) is 0 Å². The molecule has 3 heteroatoms. The minimum absolute atomic E-state index is 0.0971. The standard InChI is InChI=1S/C19H23NO2/c1-14-10-12-20(13-11-14)19(21)15(2)22-18-9-5-7-16-6-3-4-8-17(16)18/h3-9,14-15H,10-13H2,1-2H3/t15-/m1/s1. The minimum Gasteiger partial charge on any atom is -0.480 e. The van der Waals surface area contributed by atoms with Gasteiger partial charge in [0.25, 0.3) is 5.91 Å². The molecule has 0 spiro atoms. The smallest absolute Gasteiger partial charge is 0.263 e. The molecule has 1 heterocycles. The molecule has 1 atom stereocenters. The number of carbonyl (C=O) groups excluding carboxylic acids is 1. The summed E-state index contributed by atoms with van der Waals surface area (Å²) in [5.41, 5.74) is 0. The zero-order valence-corrected chi connectivity index (χ0v) is 13.3. The molecule has 2 aromatic rings. The maximum atomic E-state index is 12.5. The zero-order chi connectivity index (χ0) is 15.5. The maximum Gasteiger partial charge on any atom is 0.263 e. The first-order valence-electron chi connectivity index (χ1n) is 8.08. The third kappa shape index (κ3) is 3.08. The van der Waals surface area contributed by atoms with Gasteiger partial charge in [-0.2, -0.15) is 0 Å². The zero-order valence-electron chi connectivity index (χ0n) is 13.3. The van der Waals surface area contributed by atoms with Crippen LogP contribution in [0.1, 0.15) is 26.7 Å². The molecule has 1 fully saturated rings. The quantitative estimate of drug-likeness (QED) is 0.861. The lowest BCUT2D eigenvalue weighted by Crippen LogP contribution is -2.44. The highest BCUT2D eigenvalue weighted by Crippen LogP contribution is 2.26. The Morgan fingerprint density at radius 3 is 2.59 bits per heavy atom. The summed E-state index contributed by atoms with van der Waals surface area (Å²) in [5.74, 6) is 1.60. The Balaban J connectivity index is 1.73. The van der Waals surface area contributed by atoms with E-state index in [9.17, 15) is 4.79 Å². The molecule has 0 N–H and O–H groups in total. The van der Waals surface area contributed by atoms with Gasteiger partial charge < -0.3 is 9.64 Å². The van der Waals surface area contributed by atoms with Gasteiger partial charge in [-0.15, -0.1) is 0 Å². The molecule has 1 aliphatic rings. The second-order valence-electron chi connectivity index (χ2n) is 6.25. The first-order valence-corrected chi connectivity index (χ1v) is 8.08. The van der Waals surface area contributed by atoms with Crippen LogP contribution in [0, 0.1) is 5.92 Å². The lowest BCUT2D eigenvalue weighted by molar-refractivity contribution is -0.139. The molecular weight excluding hydrogens is 274 g/mol. The second-order valence-corrected chi connectivity index (χ2v) is 6.25. The summed E-state index contributed by atoms with van der Waals surface area (Å²) < 4.78 is 5.98. The highest BCUT2D eigenvalue weighted by Gasteiger charge is 2.25. The van der Waals surface area contributed by atoms with E-state index >= 15 is 0 Å². The predicted molar refractivity (Wildman–Crippen MR) is 89.0 cm³/mol. The van der Waals surface area contributed by atoms with Crippen molar-refractivity contribution in [2.75, 3.05) is 13.1 Å². The Morgan fingerprint density at radius 2 is 1.82 bits per heavy atom. The van der Waals surface area contributed by atoms with Gasteiger partial charge in [0.1, 0.15) is 5.75 Å². The molecule has 0 unspecified atom stereocenters.